The number of hydrogen-bond acceptors (Lipinski definition) is 7. The second kappa shape index (κ2) is 9.07. The summed E-state index contributed by atoms with van der Waals surface area (Å²) >= 11 is 6.35. The summed E-state index contributed by atoms with van der Waals surface area (Å²) in [5.74, 6) is -0.359. The molecule has 9 heteroatoms. The fraction of sp³-hybridized carbons (Fsp3) is 0. The number of furan rings is 1. The van der Waals surface area contributed by atoms with Crippen LogP contribution in [0.2, 0.25) is 0 Å². The van der Waals surface area contributed by atoms with Gasteiger partial charge in [0.05, 0.1) is 11.0 Å². The van der Waals surface area contributed by atoms with Crippen molar-refractivity contribution in [2.75, 3.05) is 0 Å². The number of nitro groups is 1. The van der Waals surface area contributed by atoms with Crippen LogP contribution in [0.15, 0.2) is 75.1 Å². The molecule has 1 aliphatic heterocycles. The van der Waals surface area contributed by atoms with E-state index in [4.69, 9.17) is 16.6 Å². The molecule has 1 amide bonds. The maximum Gasteiger partial charge on any atom is 0.433 e. The predicted octanol–water partition coefficient (Wildman–Crippen LogP) is 4.64. The normalized spacial score (nSPS) is 16.4. The van der Waals surface area contributed by atoms with E-state index in [9.17, 15) is 14.9 Å². The number of hydrogen-bond donors (Lipinski definition) is 0. The molecule has 0 bridgehead atoms. The zero-order valence-electron chi connectivity index (χ0n) is 14.3. The number of amides is 1. The second-order valence-electron chi connectivity index (χ2n) is 5.34. The predicted molar refractivity (Wildman–Crippen MR) is 113 cm³/mol. The second-order valence-corrected chi connectivity index (χ2v) is 7.02. The number of carbonyl (C=O) groups excluding carboxylic acids is 1. The molecule has 0 radical (unpaired) electrons. The maximum absolute atomic E-state index is 12.4. The molecular formula is C19H13N3O4S2. The summed E-state index contributed by atoms with van der Waals surface area (Å²) in [5.41, 5.74) is 1.02. The molecular weight excluding hydrogens is 398 g/mol. The summed E-state index contributed by atoms with van der Waals surface area (Å²) in [6, 6.07) is 12.4. The van der Waals surface area contributed by atoms with Gasteiger partial charge in [0.25, 0.3) is 5.91 Å². The highest BCUT2D eigenvalue weighted by molar-refractivity contribution is 8.26. The number of hydrazone groups is 1. The van der Waals surface area contributed by atoms with Gasteiger partial charge < -0.3 is 4.42 Å². The molecule has 3 rings (SSSR count). The third kappa shape index (κ3) is 4.90. The van der Waals surface area contributed by atoms with Gasteiger partial charge in [0.2, 0.25) is 0 Å². The van der Waals surface area contributed by atoms with E-state index in [0.717, 1.165) is 22.3 Å². The van der Waals surface area contributed by atoms with Crippen LogP contribution in [0.5, 0.6) is 0 Å². The van der Waals surface area contributed by atoms with Gasteiger partial charge in [-0.2, -0.15) is 10.1 Å². The third-order valence-corrected chi connectivity index (χ3v) is 4.73. The monoisotopic (exact) mass is 411 g/mol. The van der Waals surface area contributed by atoms with E-state index in [2.05, 4.69) is 5.10 Å². The molecule has 0 atom stereocenters. The molecule has 1 aliphatic rings. The summed E-state index contributed by atoms with van der Waals surface area (Å²) in [4.78, 5) is 22.8. The molecule has 0 spiro atoms. The van der Waals surface area contributed by atoms with Crippen molar-refractivity contribution in [3.8, 4) is 0 Å². The number of benzene rings is 1. The van der Waals surface area contributed by atoms with E-state index in [1.807, 2.05) is 36.4 Å². The lowest BCUT2D eigenvalue weighted by atomic mass is 10.2. The highest BCUT2D eigenvalue weighted by Gasteiger charge is 2.31. The summed E-state index contributed by atoms with van der Waals surface area (Å²) in [5, 5.41) is 15.7. The van der Waals surface area contributed by atoms with Crippen LogP contribution >= 0.6 is 24.0 Å². The van der Waals surface area contributed by atoms with Gasteiger partial charge in [-0.15, -0.1) is 0 Å². The van der Waals surface area contributed by atoms with E-state index in [1.54, 1.807) is 12.2 Å². The van der Waals surface area contributed by atoms with E-state index >= 15 is 0 Å². The van der Waals surface area contributed by atoms with Gasteiger partial charge in [-0.05, 0) is 42.1 Å². The largest absolute Gasteiger partial charge is 0.433 e. The van der Waals surface area contributed by atoms with Crippen LogP contribution in [-0.2, 0) is 4.79 Å². The third-order valence-electron chi connectivity index (χ3n) is 3.43. The van der Waals surface area contributed by atoms with Crippen LogP contribution in [-0.4, -0.2) is 26.4 Å². The summed E-state index contributed by atoms with van der Waals surface area (Å²) < 4.78 is 5.30. The van der Waals surface area contributed by atoms with Crippen LogP contribution in [0.4, 0.5) is 5.88 Å². The van der Waals surface area contributed by atoms with Gasteiger partial charge in [0.1, 0.15) is 10.7 Å². The van der Waals surface area contributed by atoms with Crippen molar-refractivity contribution in [1.29, 1.82) is 0 Å². The zero-order chi connectivity index (χ0) is 19.9. The number of nitrogens with zero attached hydrogens (tertiary/aromatic N) is 3. The minimum Gasteiger partial charge on any atom is -0.401 e. The number of allylic oxidation sites excluding steroid dienone is 3. The fourth-order valence-corrected chi connectivity index (χ4v) is 3.28. The molecule has 1 saturated heterocycles. The van der Waals surface area contributed by atoms with Crippen molar-refractivity contribution < 1.29 is 14.1 Å². The average Bonchev–Trinajstić information content (AvgIpc) is 3.26. The molecule has 1 aromatic carbocycles. The van der Waals surface area contributed by atoms with Crippen molar-refractivity contribution in [2.24, 2.45) is 5.10 Å². The number of thiocarbonyl (C=S) groups is 1. The molecule has 0 saturated carbocycles. The molecule has 7 nitrogen and oxygen atoms in total. The first-order valence-corrected chi connectivity index (χ1v) is 9.21. The first-order valence-electron chi connectivity index (χ1n) is 7.99. The maximum atomic E-state index is 12.4. The summed E-state index contributed by atoms with van der Waals surface area (Å²) in [6.45, 7) is 0. The highest BCUT2D eigenvalue weighted by atomic mass is 32.2. The quantitative estimate of drug-likeness (QED) is 0.226. The Balaban J connectivity index is 1.62. The molecule has 28 heavy (non-hydrogen) atoms. The Bertz CT molecular complexity index is 1020. The van der Waals surface area contributed by atoms with Crippen LogP contribution in [0.25, 0.3) is 12.2 Å². The van der Waals surface area contributed by atoms with Crippen LogP contribution in [0, 0.1) is 10.1 Å². The molecule has 140 valence electrons. The lowest BCUT2D eigenvalue weighted by Gasteiger charge is -2.04. The topological polar surface area (TPSA) is 89.0 Å². The van der Waals surface area contributed by atoms with E-state index in [1.165, 1.54) is 30.5 Å². The number of thioether (sulfide) groups is 1. The van der Waals surface area contributed by atoms with E-state index < -0.39 is 4.92 Å². The Kier molecular flexibility index (Phi) is 6.30. The smallest absolute Gasteiger partial charge is 0.401 e. The SMILES string of the molecule is O=C1/C(=C\C=C/c2ccccc2)SC(=S)N1/N=C/C=C/c1ccc([N+](=O)[O-])o1. The number of carbonyl (C=O) groups is 1. The lowest BCUT2D eigenvalue weighted by molar-refractivity contribution is -0.402. The van der Waals surface area contributed by atoms with E-state index in [-0.39, 0.29) is 11.8 Å². The molecule has 2 heterocycles. The summed E-state index contributed by atoms with van der Waals surface area (Å²) in [6.07, 6.45) is 9.73. The van der Waals surface area contributed by atoms with Gasteiger partial charge in [0, 0.05) is 6.21 Å². The van der Waals surface area contributed by atoms with Crippen LogP contribution in [0.3, 0.4) is 0 Å². The molecule has 1 aromatic heterocycles. The van der Waals surface area contributed by atoms with Crippen molar-refractivity contribution in [3.63, 3.8) is 0 Å². The zero-order valence-corrected chi connectivity index (χ0v) is 15.9. The van der Waals surface area contributed by atoms with Crippen molar-refractivity contribution in [2.45, 2.75) is 0 Å². The van der Waals surface area contributed by atoms with Gasteiger partial charge >= 0.3 is 5.88 Å². The Morgan fingerprint density at radius 3 is 2.64 bits per heavy atom. The first kappa shape index (κ1) is 19.5. The van der Waals surface area contributed by atoms with Gasteiger partial charge in [0.15, 0.2) is 4.32 Å². The Labute approximate surface area is 169 Å². The van der Waals surface area contributed by atoms with Gasteiger partial charge in [-0.3, -0.25) is 14.9 Å². The molecule has 2 aromatic rings. The Hall–Kier alpha value is -3.30. The molecule has 0 N–H and O–H groups in total. The van der Waals surface area contributed by atoms with Crippen LogP contribution < -0.4 is 0 Å². The average molecular weight is 411 g/mol. The Morgan fingerprint density at radius 2 is 1.93 bits per heavy atom. The minimum atomic E-state index is -0.621. The van der Waals surface area contributed by atoms with Gasteiger partial charge in [-0.1, -0.05) is 54.2 Å². The fourth-order valence-electron chi connectivity index (χ4n) is 2.16. The number of rotatable bonds is 6. The van der Waals surface area contributed by atoms with Crippen LogP contribution in [0.1, 0.15) is 11.3 Å². The van der Waals surface area contributed by atoms with E-state index in [0.29, 0.717) is 15.0 Å². The van der Waals surface area contributed by atoms with Crippen molar-refractivity contribution in [1.82, 2.24) is 5.01 Å². The molecule has 1 fully saturated rings. The van der Waals surface area contributed by atoms with Gasteiger partial charge in [-0.25, -0.2) is 0 Å². The Morgan fingerprint density at radius 1 is 1.14 bits per heavy atom. The molecule has 0 aliphatic carbocycles. The van der Waals surface area contributed by atoms with Crippen molar-refractivity contribution in [3.05, 3.63) is 87.0 Å². The minimum absolute atomic E-state index is 0.300. The standard InChI is InChI=1S/C19H13N3O4S2/c23-18-16(10-4-8-14-6-2-1-3-7-14)28-19(27)21(18)20-13-5-9-15-11-12-17(26-15)22(24)25/h1-13H/b8-4-,9-5+,16-10+,20-13+. The molecule has 0 unspecified atom stereocenters. The first-order chi connectivity index (χ1) is 13.5. The summed E-state index contributed by atoms with van der Waals surface area (Å²) in [7, 11) is 0. The van der Waals surface area contributed by atoms with Crippen molar-refractivity contribution >= 4 is 58.5 Å². The lowest BCUT2D eigenvalue weighted by Crippen LogP contribution is -2.21. The highest BCUT2D eigenvalue weighted by Crippen LogP contribution is 2.31.